The average molecular weight is 380 g/mol. The summed E-state index contributed by atoms with van der Waals surface area (Å²) in [6.07, 6.45) is 3.97. The van der Waals surface area contributed by atoms with Crippen molar-refractivity contribution in [2.75, 3.05) is 11.9 Å². The van der Waals surface area contributed by atoms with Gasteiger partial charge in [-0.2, -0.15) is 0 Å². The fraction of sp³-hybridized carbons (Fsp3) is 0.522. The van der Waals surface area contributed by atoms with Crippen LogP contribution >= 0.6 is 0 Å². The summed E-state index contributed by atoms with van der Waals surface area (Å²) >= 11 is 0. The molecule has 150 valence electrons. The number of aromatic nitrogens is 2. The zero-order chi connectivity index (χ0) is 20.5. The smallest absolute Gasteiger partial charge is 0.151 e. The molecule has 1 aromatic carbocycles. The molecule has 1 aromatic heterocycles. The van der Waals surface area contributed by atoms with Gasteiger partial charge in [0.1, 0.15) is 0 Å². The van der Waals surface area contributed by atoms with Crippen LogP contribution in [0, 0.1) is 6.92 Å². The summed E-state index contributed by atoms with van der Waals surface area (Å²) in [4.78, 5) is 6.72. The highest BCUT2D eigenvalue weighted by atomic mass is 15.3. The highest BCUT2D eigenvalue weighted by Crippen LogP contribution is 2.33. The van der Waals surface area contributed by atoms with Crippen molar-refractivity contribution in [1.82, 2.24) is 15.5 Å². The predicted molar refractivity (Wildman–Crippen MR) is 119 cm³/mol. The average Bonchev–Trinajstić information content (AvgIpc) is 2.61. The lowest BCUT2D eigenvalue weighted by atomic mass is 9.79. The Kier molecular flexibility index (Phi) is 5.57. The molecular formula is C23H33N5. The Morgan fingerprint density at radius 2 is 1.75 bits per heavy atom. The summed E-state index contributed by atoms with van der Waals surface area (Å²) < 4.78 is 0. The topological polar surface area (TPSA) is 53.4 Å². The quantitative estimate of drug-likeness (QED) is 0.766. The summed E-state index contributed by atoms with van der Waals surface area (Å²) in [5, 5.41) is 12.8. The highest BCUT2D eigenvalue weighted by molar-refractivity contribution is 5.69. The van der Waals surface area contributed by atoms with Gasteiger partial charge in [0.2, 0.25) is 0 Å². The van der Waals surface area contributed by atoms with E-state index >= 15 is 0 Å². The highest BCUT2D eigenvalue weighted by Gasteiger charge is 2.39. The second-order valence-electron chi connectivity index (χ2n) is 9.23. The molecule has 1 fully saturated rings. The number of anilines is 1. The Bertz CT molecular complexity index is 836. The number of nitrogens with one attached hydrogen (secondary N) is 1. The van der Waals surface area contributed by atoms with E-state index in [-0.39, 0.29) is 11.1 Å². The first kappa shape index (κ1) is 20.5. The maximum atomic E-state index is 4.54. The van der Waals surface area contributed by atoms with Crippen molar-refractivity contribution < 1.29 is 0 Å². The van der Waals surface area contributed by atoms with Crippen LogP contribution in [-0.2, 0) is 0 Å². The molecule has 2 aromatic rings. The molecule has 1 aliphatic heterocycles. The third-order valence-electron chi connectivity index (χ3n) is 5.50. The summed E-state index contributed by atoms with van der Waals surface area (Å²) in [7, 11) is 2.13. The maximum Gasteiger partial charge on any atom is 0.151 e. The minimum absolute atomic E-state index is 0.103. The largest absolute Gasteiger partial charge is 0.355 e. The van der Waals surface area contributed by atoms with Gasteiger partial charge < -0.3 is 10.2 Å². The Morgan fingerprint density at radius 3 is 2.32 bits per heavy atom. The molecule has 0 amide bonds. The van der Waals surface area contributed by atoms with Crippen LogP contribution in [0.15, 0.2) is 35.3 Å². The van der Waals surface area contributed by atoms with Crippen LogP contribution in [0.3, 0.4) is 0 Å². The normalized spacial score (nSPS) is 19.1. The van der Waals surface area contributed by atoms with Gasteiger partial charge in [-0.1, -0.05) is 12.1 Å². The van der Waals surface area contributed by atoms with Crippen molar-refractivity contribution in [3.8, 4) is 11.3 Å². The van der Waals surface area contributed by atoms with Crippen LogP contribution in [0.1, 0.15) is 53.0 Å². The van der Waals surface area contributed by atoms with Gasteiger partial charge in [0.25, 0.3) is 0 Å². The van der Waals surface area contributed by atoms with Gasteiger partial charge >= 0.3 is 0 Å². The molecule has 5 nitrogen and oxygen atoms in total. The fourth-order valence-electron chi connectivity index (χ4n) is 4.44. The van der Waals surface area contributed by atoms with Crippen molar-refractivity contribution in [3.05, 3.63) is 35.9 Å². The van der Waals surface area contributed by atoms with Crippen molar-refractivity contribution in [2.45, 2.75) is 71.5 Å². The number of nitrogens with zero attached hydrogens (tertiary/aromatic N) is 4. The van der Waals surface area contributed by atoms with E-state index < -0.39 is 0 Å². The lowest BCUT2D eigenvalue weighted by molar-refractivity contribution is 0.160. The molecule has 0 aliphatic carbocycles. The van der Waals surface area contributed by atoms with Gasteiger partial charge in [-0.05, 0) is 78.1 Å². The van der Waals surface area contributed by atoms with Crippen LogP contribution in [0.4, 0.5) is 11.5 Å². The van der Waals surface area contributed by atoms with Crippen molar-refractivity contribution in [3.63, 3.8) is 0 Å². The number of aliphatic imine (C=N–C) groups is 1. The van der Waals surface area contributed by atoms with E-state index in [1.807, 2.05) is 13.1 Å². The minimum atomic E-state index is 0.103. The van der Waals surface area contributed by atoms with E-state index in [2.05, 4.69) is 97.4 Å². The number of rotatable bonds is 4. The third kappa shape index (κ3) is 4.58. The molecule has 0 saturated carbocycles. The molecule has 1 saturated heterocycles. The fourth-order valence-corrected chi connectivity index (χ4v) is 4.44. The SMILES string of the molecule is CC=Nc1cc(-c2ccc(N(C)C3CC(C)(C)NC(C)(C)C3)nn2)ccc1C. The third-order valence-corrected chi connectivity index (χ3v) is 5.50. The van der Waals surface area contributed by atoms with Gasteiger partial charge in [0, 0.05) is 35.9 Å². The van der Waals surface area contributed by atoms with Crippen LogP contribution < -0.4 is 10.2 Å². The van der Waals surface area contributed by atoms with E-state index in [1.165, 1.54) is 0 Å². The monoisotopic (exact) mass is 379 g/mol. The molecule has 3 rings (SSSR count). The van der Waals surface area contributed by atoms with Gasteiger partial charge in [-0.3, -0.25) is 4.99 Å². The Balaban J connectivity index is 1.82. The minimum Gasteiger partial charge on any atom is -0.355 e. The number of hydrogen-bond acceptors (Lipinski definition) is 5. The van der Waals surface area contributed by atoms with E-state index in [4.69, 9.17) is 0 Å². The predicted octanol–water partition coefficient (Wildman–Crippen LogP) is 4.92. The summed E-state index contributed by atoms with van der Waals surface area (Å²) in [6, 6.07) is 10.8. The van der Waals surface area contributed by atoms with Gasteiger partial charge in [-0.15, -0.1) is 10.2 Å². The molecule has 1 N–H and O–H groups in total. The zero-order valence-corrected chi connectivity index (χ0v) is 18.2. The number of hydrogen-bond donors (Lipinski definition) is 1. The molecule has 0 spiro atoms. The van der Waals surface area contributed by atoms with Crippen LogP contribution in [0.25, 0.3) is 11.3 Å². The molecule has 0 bridgehead atoms. The number of benzene rings is 1. The molecule has 28 heavy (non-hydrogen) atoms. The van der Waals surface area contributed by atoms with Gasteiger partial charge in [0.15, 0.2) is 5.82 Å². The number of aryl methyl sites for hydroxylation is 1. The molecule has 0 radical (unpaired) electrons. The van der Waals surface area contributed by atoms with Gasteiger partial charge in [-0.25, -0.2) is 0 Å². The van der Waals surface area contributed by atoms with E-state index in [9.17, 15) is 0 Å². The van der Waals surface area contributed by atoms with E-state index in [0.717, 1.165) is 41.2 Å². The maximum absolute atomic E-state index is 4.54. The van der Waals surface area contributed by atoms with Crippen LogP contribution in [-0.4, -0.2) is 40.6 Å². The zero-order valence-electron chi connectivity index (χ0n) is 18.2. The van der Waals surface area contributed by atoms with E-state index in [0.29, 0.717) is 6.04 Å². The second-order valence-corrected chi connectivity index (χ2v) is 9.23. The molecular weight excluding hydrogens is 346 g/mol. The van der Waals surface area contributed by atoms with Gasteiger partial charge in [0.05, 0.1) is 11.4 Å². The summed E-state index contributed by atoms with van der Waals surface area (Å²) in [5.74, 6) is 0.918. The van der Waals surface area contributed by atoms with Crippen molar-refractivity contribution in [1.29, 1.82) is 0 Å². The molecule has 1 aliphatic rings. The molecule has 2 heterocycles. The Morgan fingerprint density at radius 1 is 1.07 bits per heavy atom. The molecule has 0 unspecified atom stereocenters. The Labute approximate surface area is 169 Å². The lowest BCUT2D eigenvalue weighted by Crippen LogP contribution is -2.62. The Hall–Kier alpha value is -2.27. The van der Waals surface area contributed by atoms with Crippen LogP contribution in [0.2, 0.25) is 0 Å². The first-order valence-corrected chi connectivity index (χ1v) is 10.1. The summed E-state index contributed by atoms with van der Waals surface area (Å²) in [5.41, 5.74) is 4.25. The van der Waals surface area contributed by atoms with Crippen LogP contribution in [0.5, 0.6) is 0 Å². The molecule has 5 heteroatoms. The second kappa shape index (κ2) is 7.63. The van der Waals surface area contributed by atoms with Crippen molar-refractivity contribution in [2.24, 2.45) is 4.99 Å². The van der Waals surface area contributed by atoms with Crippen molar-refractivity contribution >= 4 is 17.7 Å². The standard InChI is InChI=1S/C23H33N5/c1-8-24-20-13-17(10-9-16(20)2)19-11-12-21(26-25-19)28(7)18-14-22(3,4)27-23(5,6)15-18/h8-13,18,27H,14-15H2,1-7H3. The first-order valence-electron chi connectivity index (χ1n) is 10.1. The lowest BCUT2D eigenvalue weighted by Gasteiger charge is -2.49. The molecule has 0 atom stereocenters. The first-order chi connectivity index (χ1) is 13.1. The number of piperidine rings is 1. The van der Waals surface area contributed by atoms with E-state index in [1.54, 1.807) is 0 Å². The summed E-state index contributed by atoms with van der Waals surface area (Å²) in [6.45, 7) is 13.1.